The van der Waals surface area contributed by atoms with Crippen LogP contribution in [-0.2, 0) is 9.22 Å². The van der Waals surface area contributed by atoms with E-state index in [1.807, 2.05) is 5.38 Å². The third kappa shape index (κ3) is 7.35. The van der Waals surface area contributed by atoms with Gasteiger partial charge in [0.2, 0.25) is 9.04 Å². The van der Waals surface area contributed by atoms with Gasteiger partial charge in [-0.1, -0.05) is 46.4 Å². The van der Waals surface area contributed by atoms with Gasteiger partial charge in [0.05, 0.1) is 12.1 Å². The summed E-state index contributed by atoms with van der Waals surface area (Å²) in [4.78, 5) is 30.9. The van der Waals surface area contributed by atoms with Crippen molar-refractivity contribution in [2.45, 2.75) is 78.5 Å². The smallest absolute Gasteiger partial charge is 0.271 e. The second-order valence-electron chi connectivity index (χ2n) is 9.67. The minimum absolute atomic E-state index is 0.0504. The molecule has 0 aliphatic carbocycles. The van der Waals surface area contributed by atoms with Gasteiger partial charge in [0.1, 0.15) is 5.69 Å². The summed E-state index contributed by atoms with van der Waals surface area (Å²) in [5.74, 6) is 0.299. The molecule has 1 aliphatic heterocycles. The maximum Gasteiger partial charge on any atom is 0.271 e. The summed E-state index contributed by atoms with van der Waals surface area (Å²) in [6, 6.07) is -0.0668. The predicted molar refractivity (Wildman–Crippen MR) is 129 cm³/mol. The minimum Gasteiger partial charge on any atom is -0.412 e. The molecule has 1 amide bonds. The highest BCUT2D eigenvalue weighted by Crippen LogP contribution is 2.31. The van der Waals surface area contributed by atoms with Crippen LogP contribution in [0.3, 0.4) is 0 Å². The monoisotopic (exact) mass is 470 g/mol. The highest BCUT2D eigenvalue weighted by atomic mass is 32.2. The van der Waals surface area contributed by atoms with Crippen molar-refractivity contribution < 1.29 is 14.0 Å². The summed E-state index contributed by atoms with van der Waals surface area (Å²) in [7, 11) is -0.909. The molecule has 1 aromatic heterocycles. The number of carbonyl (C=O) groups excluding carboxylic acids is 2. The number of nitrogens with one attached hydrogen (secondary N) is 1. The molecule has 169 valence electrons. The van der Waals surface area contributed by atoms with Gasteiger partial charge < -0.3 is 14.6 Å². The molecule has 6 nitrogen and oxygen atoms in total. The molecule has 1 saturated heterocycles. The zero-order valence-electron chi connectivity index (χ0n) is 19.4. The molecule has 1 radical (unpaired) electrons. The Balaban J connectivity index is 2.07. The Morgan fingerprint density at radius 3 is 2.50 bits per heavy atom. The van der Waals surface area contributed by atoms with Crippen LogP contribution < -0.4 is 10.2 Å². The van der Waals surface area contributed by atoms with Gasteiger partial charge in [-0.3, -0.25) is 9.59 Å². The largest absolute Gasteiger partial charge is 0.412 e. The lowest BCUT2D eigenvalue weighted by molar-refractivity contribution is -0.109. The van der Waals surface area contributed by atoms with Crippen molar-refractivity contribution in [2.75, 3.05) is 18.0 Å². The van der Waals surface area contributed by atoms with Gasteiger partial charge in [-0.2, -0.15) is 0 Å². The van der Waals surface area contributed by atoms with Crippen LogP contribution in [-0.4, -0.2) is 55.5 Å². The first-order valence-electron chi connectivity index (χ1n) is 10.5. The van der Waals surface area contributed by atoms with Crippen LogP contribution >= 0.6 is 23.1 Å². The molecule has 0 aromatic carbocycles. The first kappa shape index (κ1) is 25.4. The Morgan fingerprint density at radius 1 is 1.37 bits per heavy atom. The van der Waals surface area contributed by atoms with Gasteiger partial charge in [0.25, 0.3) is 5.91 Å². The normalized spacial score (nSPS) is 17.2. The Kier molecular flexibility index (Phi) is 8.97. The Hall–Kier alpha value is -0.903. The summed E-state index contributed by atoms with van der Waals surface area (Å²) in [5.41, 5.74) is 0.376. The first-order chi connectivity index (χ1) is 13.9. The van der Waals surface area contributed by atoms with E-state index in [1.165, 1.54) is 23.1 Å². The number of thiazole rings is 1. The second kappa shape index (κ2) is 10.6. The molecule has 1 unspecified atom stereocenters. The molecule has 0 saturated carbocycles. The van der Waals surface area contributed by atoms with E-state index in [4.69, 9.17) is 4.43 Å². The lowest BCUT2D eigenvalue weighted by Crippen LogP contribution is -2.52. The standard InChI is InChI=1S/C21H36N3O3S2Si/c1-13(2)9-16(18(21(4,5)6)27-30(7)8)22-19(26)17-12-28-20(23-17)24-10-15(11-24)29-14(3)25/h12-13,15-16,18H,9-11H2,1-8H3,(H,22,26)/t16-,18?/m0/s1. The van der Waals surface area contributed by atoms with Crippen molar-refractivity contribution in [1.29, 1.82) is 0 Å². The van der Waals surface area contributed by atoms with Crippen LogP contribution in [0.1, 0.15) is 58.5 Å². The number of amides is 1. The maximum absolute atomic E-state index is 13.0. The second-order valence-corrected chi connectivity index (χ2v) is 14.0. The van der Waals surface area contributed by atoms with Crippen molar-refractivity contribution >= 4 is 48.3 Å². The number of aromatic nitrogens is 1. The fourth-order valence-corrected chi connectivity index (χ4v) is 6.37. The highest BCUT2D eigenvalue weighted by Gasteiger charge is 2.36. The number of hydrogen-bond acceptors (Lipinski definition) is 7. The number of hydrogen-bond donors (Lipinski definition) is 1. The summed E-state index contributed by atoms with van der Waals surface area (Å²) in [6.07, 6.45) is 0.807. The van der Waals surface area contributed by atoms with E-state index < -0.39 is 9.04 Å². The predicted octanol–water partition coefficient (Wildman–Crippen LogP) is 4.44. The van der Waals surface area contributed by atoms with Crippen molar-refractivity contribution in [1.82, 2.24) is 10.3 Å². The van der Waals surface area contributed by atoms with Gasteiger partial charge in [-0.15, -0.1) is 11.3 Å². The maximum atomic E-state index is 13.0. The lowest BCUT2D eigenvalue weighted by atomic mass is 9.82. The molecule has 1 aliphatic rings. The lowest BCUT2D eigenvalue weighted by Gasteiger charge is -2.39. The molecule has 9 heteroatoms. The van der Waals surface area contributed by atoms with E-state index in [0.717, 1.165) is 24.6 Å². The van der Waals surface area contributed by atoms with Gasteiger partial charge in [-0.05, 0) is 30.8 Å². The van der Waals surface area contributed by atoms with E-state index in [1.54, 1.807) is 6.92 Å². The number of carbonyl (C=O) groups is 2. The van der Waals surface area contributed by atoms with E-state index in [2.05, 4.69) is 62.9 Å². The molecular weight excluding hydrogens is 434 g/mol. The molecule has 30 heavy (non-hydrogen) atoms. The first-order valence-corrected chi connectivity index (χ1v) is 14.7. The zero-order chi connectivity index (χ0) is 22.6. The average Bonchev–Trinajstić information content (AvgIpc) is 3.02. The zero-order valence-corrected chi connectivity index (χ0v) is 22.1. The van der Waals surface area contributed by atoms with E-state index in [0.29, 0.717) is 16.9 Å². The van der Waals surface area contributed by atoms with Crippen molar-refractivity contribution in [3.8, 4) is 0 Å². The topological polar surface area (TPSA) is 71.5 Å². The van der Waals surface area contributed by atoms with Gasteiger partial charge >= 0.3 is 0 Å². The Bertz CT molecular complexity index is 727. The third-order valence-electron chi connectivity index (χ3n) is 4.80. The van der Waals surface area contributed by atoms with Crippen LogP contribution in [0.15, 0.2) is 5.38 Å². The molecule has 0 spiro atoms. The Morgan fingerprint density at radius 2 is 2.00 bits per heavy atom. The molecule has 2 heterocycles. The molecule has 2 rings (SSSR count). The molecular formula is C21H36N3O3S2Si. The Labute approximate surface area is 191 Å². The van der Waals surface area contributed by atoms with Crippen molar-refractivity contribution in [3.63, 3.8) is 0 Å². The average molecular weight is 471 g/mol. The summed E-state index contributed by atoms with van der Waals surface area (Å²) >= 11 is 2.86. The van der Waals surface area contributed by atoms with E-state index >= 15 is 0 Å². The molecule has 0 bridgehead atoms. The third-order valence-corrected chi connectivity index (χ3v) is 7.39. The van der Waals surface area contributed by atoms with E-state index in [9.17, 15) is 9.59 Å². The molecule has 1 aromatic rings. The SMILES string of the molecule is CC(=O)SC1CN(c2nc(C(=O)N[C@@H](CC(C)C)C(O[Si](C)C)C(C)(C)C)cs2)C1. The van der Waals surface area contributed by atoms with Crippen LogP contribution in [0.2, 0.25) is 13.1 Å². The quantitative estimate of drug-likeness (QED) is 0.538. The van der Waals surface area contributed by atoms with Gasteiger partial charge in [0.15, 0.2) is 10.2 Å². The van der Waals surface area contributed by atoms with Crippen LogP contribution in [0.25, 0.3) is 0 Å². The number of thioether (sulfide) groups is 1. The fourth-order valence-electron chi connectivity index (χ4n) is 3.54. The molecule has 1 N–H and O–H groups in total. The number of anilines is 1. The van der Waals surface area contributed by atoms with Gasteiger partial charge in [-0.25, -0.2) is 4.98 Å². The summed E-state index contributed by atoms with van der Waals surface area (Å²) in [5, 5.41) is 6.37. The fraction of sp³-hybridized carbons (Fsp3) is 0.762. The van der Waals surface area contributed by atoms with Crippen molar-refractivity contribution in [2.24, 2.45) is 11.3 Å². The van der Waals surface area contributed by atoms with Crippen LogP contribution in [0.4, 0.5) is 5.13 Å². The minimum atomic E-state index is -0.909. The highest BCUT2D eigenvalue weighted by molar-refractivity contribution is 8.14. The van der Waals surface area contributed by atoms with Crippen LogP contribution in [0.5, 0.6) is 0 Å². The number of nitrogens with zero attached hydrogens (tertiary/aromatic N) is 2. The summed E-state index contributed by atoms with van der Waals surface area (Å²) < 4.78 is 6.36. The number of rotatable bonds is 9. The van der Waals surface area contributed by atoms with Crippen molar-refractivity contribution in [3.05, 3.63) is 11.1 Å². The van der Waals surface area contributed by atoms with Gasteiger partial charge in [0, 0.05) is 30.6 Å². The van der Waals surface area contributed by atoms with E-state index in [-0.39, 0.29) is 28.6 Å². The van der Waals surface area contributed by atoms with Crippen LogP contribution in [0, 0.1) is 11.3 Å². The molecule has 1 fully saturated rings. The molecule has 2 atom stereocenters. The summed E-state index contributed by atoms with van der Waals surface area (Å²) in [6.45, 7) is 18.3.